The SMILES string of the molecule is N#CC1=C(SCc2ccc(C#N)cc2)SC(c2cccs2)NC1=O. The maximum Gasteiger partial charge on any atom is 0.264 e. The lowest BCUT2D eigenvalue weighted by molar-refractivity contribution is -0.117. The highest BCUT2D eigenvalue weighted by Gasteiger charge is 2.29. The van der Waals surface area contributed by atoms with E-state index in [9.17, 15) is 10.1 Å². The second kappa shape index (κ2) is 7.59. The van der Waals surface area contributed by atoms with Gasteiger partial charge in [-0.3, -0.25) is 4.79 Å². The molecule has 1 aromatic heterocycles. The third-order valence-electron chi connectivity index (χ3n) is 3.28. The van der Waals surface area contributed by atoms with Crippen molar-refractivity contribution < 1.29 is 4.79 Å². The zero-order valence-electron chi connectivity index (χ0n) is 12.4. The van der Waals surface area contributed by atoms with Crippen molar-refractivity contribution in [1.82, 2.24) is 5.32 Å². The molecule has 118 valence electrons. The molecule has 2 heterocycles. The Morgan fingerprint density at radius 3 is 2.58 bits per heavy atom. The number of hydrogen-bond donors (Lipinski definition) is 1. The zero-order valence-corrected chi connectivity index (χ0v) is 14.8. The first kappa shape index (κ1) is 16.7. The number of nitriles is 2. The summed E-state index contributed by atoms with van der Waals surface area (Å²) in [6.45, 7) is 0. The monoisotopic (exact) mass is 369 g/mol. The third-order valence-corrected chi connectivity index (χ3v) is 6.98. The molecule has 1 aliphatic heterocycles. The topological polar surface area (TPSA) is 76.7 Å². The summed E-state index contributed by atoms with van der Waals surface area (Å²) in [4.78, 5) is 13.2. The number of hydrogen-bond acceptors (Lipinski definition) is 6. The van der Waals surface area contributed by atoms with Gasteiger partial charge in [-0.1, -0.05) is 30.0 Å². The fourth-order valence-corrected chi connectivity index (χ4v) is 5.38. The smallest absolute Gasteiger partial charge is 0.264 e. The number of rotatable bonds is 4. The van der Waals surface area contributed by atoms with E-state index in [-0.39, 0.29) is 16.9 Å². The van der Waals surface area contributed by atoms with Crippen LogP contribution in [0.3, 0.4) is 0 Å². The summed E-state index contributed by atoms with van der Waals surface area (Å²) in [5, 5.41) is 22.8. The summed E-state index contributed by atoms with van der Waals surface area (Å²) in [7, 11) is 0. The van der Waals surface area contributed by atoms with Crippen molar-refractivity contribution in [1.29, 1.82) is 10.5 Å². The predicted molar refractivity (Wildman–Crippen MR) is 97.9 cm³/mol. The maximum absolute atomic E-state index is 12.2. The molecule has 0 saturated carbocycles. The fourth-order valence-electron chi connectivity index (χ4n) is 2.08. The molecule has 0 saturated heterocycles. The molecule has 1 amide bonds. The molecule has 1 aromatic carbocycles. The number of amides is 1. The number of nitrogens with zero attached hydrogens (tertiary/aromatic N) is 2. The first-order valence-corrected chi connectivity index (χ1v) is 9.73. The van der Waals surface area contributed by atoms with Gasteiger partial charge in [0, 0.05) is 10.6 Å². The summed E-state index contributed by atoms with van der Waals surface area (Å²) in [6, 6.07) is 15.3. The molecule has 3 rings (SSSR count). The molecule has 1 unspecified atom stereocenters. The van der Waals surface area contributed by atoms with Gasteiger partial charge in [0.05, 0.1) is 15.9 Å². The Labute approximate surface area is 152 Å². The van der Waals surface area contributed by atoms with Crippen molar-refractivity contribution in [2.45, 2.75) is 11.1 Å². The number of thiophene rings is 1. The minimum atomic E-state index is -0.322. The second-order valence-corrected chi connectivity index (χ2v) is 8.20. The Morgan fingerprint density at radius 1 is 1.17 bits per heavy atom. The van der Waals surface area contributed by atoms with Gasteiger partial charge in [-0.25, -0.2) is 0 Å². The molecule has 1 aliphatic rings. The van der Waals surface area contributed by atoms with Crippen molar-refractivity contribution in [2.24, 2.45) is 0 Å². The minimum Gasteiger partial charge on any atom is -0.334 e. The molecule has 1 N–H and O–H groups in total. The van der Waals surface area contributed by atoms with Gasteiger partial charge in [-0.05, 0) is 29.1 Å². The number of carbonyl (C=O) groups is 1. The first-order chi connectivity index (χ1) is 11.7. The quantitative estimate of drug-likeness (QED) is 0.876. The van der Waals surface area contributed by atoms with Crippen LogP contribution >= 0.6 is 34.9 Å². The standard InChI is InChI=1S/C17H11N3OS3/c18-8-11-3-5-12(6-4-11)10-23-17-13(9-19)15(21)20-16(24-17)14-2-1-7-22-14/h1-7,16H,10H2,(H,20,21). The molecule has 0 fully saturated rings. The Morgan fingerprint density at radius 2 is 1.96 bits per heavy atom. The van der Waals surface area contributed by atoms with E-state index >= 15 is 0 Å². The van der Waals surface area contributed by atoms with E-state index in [0.717, 1.165) is 14.7 Å². The predicted octanol–water partition coefficient (Wildman–Crippen LogP) is 4.15. The van der Waals surface area contributed by atoms with Gasteiger partial charge < -0.3 is 5.32 Å². The molecule has 2 aromatic rings. The number of nitrogens with one attached hydrogen (secondary N) is 1. The van der Waals surface area contributed by atoms with Gasteiger partial charge in [-0.15, -0.1) is 23.1 Å². The highest BCUT2D eigenvalue weighted by molar-refractivity contribution is 8.22. The molecule has 1 atom stereocenters. The van der Waals surface area contributed by atoms with Gasteiger partial charge in [0.15, 0.2) is 0 Å². The van der Waals surface area contributed by atoms with Crippen LogP contribution in [0, 0.1) is 22.7 Å². The lowest BCUT2D eigenvalue weighted by Crippen LogP contribution is -2.31. The van der Waals surface area contributed by atoms with E-state index in [0.29, 0.717) is 11.3 Å². The van der Waals surface area contributed by atoms with Gasteiger partial charge >= 0.3 is 0 Å². The van der Waals surface area contributed by atoms with E-state index < -0.39 is 0 Å². The van der Waals surface area contributed by atoms with Gasteiger partial charge in [0.25, 0.3) is 5.91 Å². The highest BCUT2D eigenvalue weighted by Crippen LogP contribution is 2.45. The molecule has 4 nitrogen and oxygen atoms in total. The van der Waals surface area contributed by atoms with Crippen LogP contribution in [0.15, 0.2) is 51.6 Å². The molecule has 0 aliphatic carbocycles. The Bertz CT molecular complexity index is 858. The van der Waals surface area contributed by atoms with Crippen molar-refractivity contribution in [2.75, 3.05) is 0 Å². The molecular weight excluding hydrogens is 358 g/mol. The first-order valence-electron chi connectivity index (χ1n) is 6.98. The summed E-state index contributed by atoms with van der Waals surface area (Å²) in [5.74, 6) is 0.320. The zero-order chi connectivity index (χ0) is 16.9. The summed E-state index contributed by atoms with van der Waals surface area (Å²) in [6.07, 6.45) is 0. The van der Waals surface area contributed by atoms with E-state index in [1.807, 2.05) is 35.7 Å². The third kappa shape index (κ3) is 3.65. The van der Waals surface area contributed by atoms with Crippen LogP contribution in [-0.2, 0) is 10.5 Å². The number of benzene rings is 1. The van der Waals surface area contributed by atoms with Crippen LogP contribution in [0.1, 0.15) is 21.4 Å². The van der Waals surface area contributed by atoms with Crippen LogP contribution in [-0.4, -0.2) is 5.91 Å². The molecule has 24 heavy (non-hydrogen) atoms. The Kier molecular flexibility index (Phi) is 5.27. The average Bonchev–Trinajstić information content (AvgIpc) is 3.14. The molecule has 7 heteroatoms. The summed E-state index contributed by atoms with van der Waals surface area (Å²) in [5.41, 5.74) is 1.83. The van der Waals surface area contributed by atoms with Gasteiger partial charge in [0.2, 0.25) is 0 Å². The van der Waals surface area contributed by atoms with E-state index in [4.69, 9.17) is 5.26 Å². The van der Waals surface area contributed by atoms with E-state index in [1.165, 1.54) is 23.5 Å². The van der Waals surface area contributed by atoms with Gasteiger partial charge in [0.1, 0.15) is 17.0 Å². The Balaban J connectivity index is 1.76. The number of carbonyl (C=O) groups excluding carboxylic acids is 1. The summed E-state index contributed by atoms with van der Waals surface area (Å²) >= 11 is 4.56. The largest absolute Gasteiger partial charge is 0.334 e. The van der Waals surface area contributed by atoms with Crippen LogP contribution in [0.25, 0.3) is 0 Å². The van der Waals surface area contributed by atoms with Crippen molar-refractivity contribution in [3.05, 3.63) is 67.6 Å². The van der Waals surface area contributed by atoms with Crippen molar-refractivity contribution in [3.8, 4) is 12.1 Å². The van der Waals surface area contributed by atoms with E-state index in [1.54, 1.807) is 23.5 Å². The average molecular weight is 369 g/mol. The number of thioether (sulfide) groups is 2. The Hall–Kier alpha value is -2.19. The van der Waals surface area contributed by atoms with Gasteiger partial charge in [-0.2, -0.15) is 10.5 Å². The maximum atomic E-state index is 12.2. The highest BCUT2D eigenvalue weighted by atomic mass is 32.2. The van der Waals surface area contributed by atoms with Crippen LogP contribution in [0.4, 0.5) is 0 Å². The molecule has 0 radical (unpaired) electrons. The van der Waals surface area contributed by atoms with E-state index in [2.05, 4.69) is 11.4 Å². The fraction of sp³-hybridized carbons (Fsp3) is 0.118. The normalized spacial score (nSPS) is 17.1. The molecule has 0 bridgehead atoms. The van der Waals surface area contributed by atoms with Crippen LogP contribution < -0.4 is 5.32 Å². The van der Waals surface area contributed by atoms with Crippen molar-refractivity contribution >= 4 is 40.8 Å². The van der Waals surface area contributed by atoms with Crippen LogP contribution in [0.5, 0.6) is 0 Å². The molecule has 0 spiro atoms. The van der Waals surface area contributed by atoms with Crippen LogP contribution in [0.2, 0.25) is 0 Å². The molecular formula is C17H11N3OS3. The minimum absolute atomic E-state index is 0.155. The van der Waals surface area contributed by atoms with Crippen molar-refractivity contribution in [3.63, 3.8) is 0 Å². The lowest BCUT2D eigenvalue weighted by atomic mass is 10.2. The second-order valence-electron chi connectivity index (χ2n) is 4.86. The lowest BCUT2D eigenvalue weighted by Gasteiger charge is -2.24. The summed E-state index contributed by atoms with van der Waals surface area (Å²) < 4.78 is 0.740.